The Balaban J connectivity index is 1.34. The molecule has 0 saturated heterocycles. The number of rotatable bonds is 8. The molecule has 1 heterocycles. The monoisotopic (exact) mass is 387 g/mol. The van der Waals surface area contributed by atoms with Crippen molar-refractivity contribution < 1.29 is 14.3 Å². The molecular weight excluding hydrogens is 362 g/mol. The van der Waals surface area contributed by atoms with Crippen molar-refractivity contribution in [2.45, 2.75) is 43.6 Å². The maximum Gasteiger partial charge on any atom is 0.235 e. The standard InChI is InChI=1S/C20H25N3O3S/c1-25-19-11-21-12-20(23-19)26-17-9-7-16(8-10-17)22-18(24)14-27-13-15-5-3-2-4-6-15/h2-6,11-12,16-17H,7-10,13-14H2,1H3,(H,22,24). The van der Waals surface area contributed by atoms with Gasteiger partial charge in [0, 0.05) is 11.8 Å². The Bertz CT molecular complexity index is 721. The van der Waals surface area contributed by atoms with E-state index in [1.165, 1.54) is 5.56 Å². The van der Waals surface area contributed by atoms with Crippen LogP contribution in [0.3, 0.4) is 0 Å². The van der Waals surface area contributed by atoms with Gasteiger partial charge >= 0.3 is 0 Å². The molecule has 0 bridgehead atoms. The number of hydrogen-bond acceptors (Lipinski definition) is 6. The molecule has 27 heavy (non-hydrogen) atoms. The van der Waals surface area contributed by atoms with Crippen molar-refractivity contribution >= 4 is 17.7 Å². The molecule has 1 aromatic carbocycles. The highest BCUT2D eigenvalue weighted by Crippen LogP contribution is 2.23. The number of benzene rings is 1. The van der Waals surface area contributed by atoms with Crippen LogP contribution in [0.25, 0.3) is 0 Å². The van der Waals surface area contributed by atoms with Gasteiger partial charge < -0.3 is 14.8 Å². The molecule has 1 N–H and O–H groups in total. The van der Waals surface area contributed by atoms with Crippen LogP contribution in [0.1, 0.15) is 31.2 Å². The summed E-state index contributed by atoms with van der Waals surface area (Å²) in [5.41, 5.74) is 1.24. The van der Waals surface area contributed by atoms with Gasteiger partial charge in [-0.3, -0.25) is 9.78 Å². The topological polar surface area (TPSA) is 73.3 Å². The lowest BCUT2D eigenvalue weighted by Gasteiger charge is -2.29. The molecule has 1 aromatic heterocycles. The van der Waals surface area contributed by atoms with Gasteiger partial charge in [0.25, 0.3) is 0 Å². The van der Waals surface area contributed by atoms with Crippen LogP contribution in [0.4, 0.5) is 0 Å². The summed E-state index contributed by atoms with van der Waals surface area (Å²) < 4.78 is 11.0. The minimum absolute atomic E-state index is 0.104. The summed E-state index contributed by atoms with van der Waals surface area (Å²) >= 11 is 1.65. The van der Waals surface area contributed by atoms with E-state index in [-0.39, 0.29) is 18.1 Å². The fourth-order valence-electron chi connectivity index (χ4n) is 3.09. The van der Waals surface area contributed by atoms with Gasteiger partial charge in [-0.15, -0.1) is 11.8 Å². The molecule has 1 aliphatic carbocycles. The normalized spacial score (nSPS) is 19.3. The second-order valence-corrected chi connectivity index (χ2v) is 7.52. The number of carbonyl (C=O) groups is 1. The lowest BCUT2D eigenvalue weighted by atomic mass is 9.93. The van der Waals surface area contributed by atoms with E-state index in [0.717, 1.165) is 31.4 Å². The van der Waals surface area contributed by atoms with Crippen LogP contribution in [-0.4, -0.2) is 40.9 Å². The molecule has 0 radical (unpaired) electrons. The van der Waals surface area contributed by atoms with E-state index < -0.39 is 0 Å². The summed E-state index contributed by atoms with van der Waals surface area (Å²) in [6, 6.07) is 10.4. The number of thioether (sulfide) groups is 1. The van der Waals surface area contributed by atoms with Gasteiger partial charge in [0.1, 0.15) is 6.10 Å². The van der Waals surface area contributed by atoms with Gasteiger partial charge in [0.2, 0.25) is 17.7 Å². The number of aromatic nitrogens is 2. The second-order valence-electron chi connectivity index (χ2n) is 6.54. The minimum Gasteiger partial charge on any atom is -0.480 e. The molecule has 6 nitrogen and oxygen atoms in total. The van der Waals surface area contributed by atoms with E-state index in [0.29, 0.717) is 17.5 Å². The van der Waals surface area contributed by atoms with Gasteiger partial charge in [-0.05, 0) is 31.2 Å². The number of ether oxygens (including phenoxy) is 2. The zero-order valence-electron chi connectivity index (χ0n) is 15.5. The predicted octanol–water partition coefficient (Wildman–Crippen LogP) is 3.22. The summed E-state index contributed by atoms with van der Waals surface area (Å²) in [5, 5.41) is 3.14. The molecule has 144 valence electrons. The zero-order valence-corrected chi connectivity index (χ0v) is 16.3. The molecule has 1 fully saturated rings. The van der Waals surface area contributed by atoms with E-state index in [1.54, 1.807) is 31.3 Å². The third-order valence-electron chi connectivity index (χ3n) is 4.47. The van der Waals surface area contributed by atoms with Gasteiger partial charge in [-0.2, -0.15) is 4.98 Å². The minimum atomic E-state index is 0.104. The van der Waals surface area contributed by atoms with Crippen LogP contribution in [0.15, 0.2) is 42.7 Å². The number of amides is 1. The van der Waals surface area contributed by atoms with E-state index >= 15 is 0 Å². The molecule has 0 spiro atoms. The van der Waals surface area contributed by atoms with Crippen molar-refractivity contribution in [2.75, 3.05) is 12.9 Å². The maximum absolute atomic E-state index is 12.1. The first kappa shape index (κ1) is 19.5. The first-order valence-electron chi connectivity index (χ1n) is 9.16. The zero-order chi connectivity index (χ0) is 18.9. The third-order valence-corrected chi connectivity index (χ3v) is 5.47. The largest absolute Gasteiger partial charge is 0.480 e. The van der Waals surface area contributed by atoms with Crippen LogP contribution in [0, 0.1) is 0 Å². The van der Waals surface area contributed by atoms with Crippen LogP contribution in [0.5, 0.6) is 11.8 Å². The molecule has 2 aromatic rings. The Hall–Kier alpha value is -2.28. The van der Waals surface area contributed by atoms with E-state index in [1.807, 2.05) is 18.2 Å². The fraction of sp³-hybridized carbons (Fsp3) is 0.450. The smallest absolute Gasteiger partial charge is 0.235 e. The van der Waals surface area contributed by atoms with Gasteiger partial charge in [-0.1, -0.05) is 30.3 Å². The number of nitrogens with one attached hydrogen (secondary N) is 1. The third kappa shape index (κ3) is 6.43. The van der Waals surface area contributed by atoms with Gasteiger partial charge in [0.05, 0.1) is 25.3 Å². The molecule has 0 aliphatic heterocycles. The van der Waals surface area contributed by atoms with Crippen LogP contribution >= 0.6 is 11.8 Å². The summed E-state index contributed by atoms with van der Waals surface area (Å²) in [5.74, 6) is 2.39. The van der Waals surface area contributed by atoms with Gasteiger partial charge in [0.15, 0.2) is 0 Å². The number of hydrogen-bond donors (Lipinski definition) is 1. The Labute approximate surface area is 164 Å². The van der Waals surface area contributed by atoms with Crippen molar-refractivity contribution in [3.05, 3.63) is 48.3 Å². The molecule has 0 unspecified atom stereocenters. The second kappa shape index (κ2) is 10.2. The lowest BCUT2D eigenvalue weighted by Crippen LogP contribution is -2.40. The highest BCUT2D eigenvalue weighted by molar-refractivity contribution is 7.99. The molecule has 1 amide bonds. The van der Waals surface area contributed by atoms with Crippen molar-refractivity contribution in [3.63, 3.8) is 0 Å². The SMILES string of the molecule is COc1cncc(OC2CCC(NC(=O)CSCc3ccccc3)CC2)n1. The number of methoxy groups -OCH3 is 1. The number of nitrogens with zero attached hydrogens (tertiary/aromatic N) is 2. The maximum atomic E-state index is 12.1. The van der Waals surface area contributed by atoms with E-state index in [9.17, 15) is 4.79 Å². The van der Waals surface area contributed by atoms with Crippen LogP contribution < -0.4 is 14.8 Å². The van der Waals surface area contributed by atoms with E-state index in [4.69, 9.17) is 9.47 Å². The van der Waals surface area contributed by atoms with Crippen LogP contribution in [0.2, 0.25) is 0 Å². The lowest BCUT2D eigenvalue weighted by molar-refractivity contribution is -0.119. The predicted molar refractivity (Wildman–Crippen MR) is 106 cm³/mol. The molecule has 1 aliphatic rings. The highest BCUT2D eigenvalue weighted by Gasteiger charge is 2.24. The van der Waals surface area contributed by atoms with Crippen molar-refractivity contribution in [1.29, 1.82) is 0 Å². The summed E-state index contributed by atoms with van der Waals surface area (Å²) in [6.45, 7) is 0. The first-order valence-corrected chi connectivity index (χ1v) is 10.3. The molecule has 7 heteroatoms. The van der Waals surface area contributed by atoms with Crippen LogP contribution in [-0.2, 0) is 10.5 Å². The fourth-order valence-corrected chi connectivity index (χ4v) is 3.89. The Morgan fingerprint density at radius 1 is 1.15 bits per heavy atom. The molecule has 1 saturated carbocycles. The van der Waals surface area contributed by atoms with Crippen molar-refractivity contribution in [3.8, 4) is 11.8 Å². The Morgan fingerprint density at radius 3 is 2.63 bits per heavy atom. The Kier molecular flexibility index (Phi) is 7.33. The molecule has 0 atom stereocenters. The number of carbonyl (C=O) groups excluding carboxylic acids is 1. The summed E-state index contributed by atoms with van der Waals surface area (Å²) in [6.07, 6.45) is 6.86. The average Bonchev–Trinajstić information content (AvgIpc) is 2.70. The van der Waals surface area contributed by atoms with E-state index in [2.05, 4.69) is 27.4 Å². The first-order chi connectivity index (χ1) is 13.2. The summed E-state index contributed by atoms with van der Waals surface area (Å²) in [4.78, 5) is 20.4. The van der Waals surface area contributed by atoms with Crippen molar-refractivity contribution in [1.82, 2.24) is 15.3 Å². The van der Waals surface area contributed by atoms with Crippen molar-refractivity contribution in [2.24, 2.45) is 0 Å². The molecule has 3 rings (SSSR count). The quantitative estimate of drug-likeness (QED) is 0.750. The highest BCUT2D eigenvalue weighted by atomic mass is 32.2. The summed E-state index contributed by atoms with van der Waals surface area (Å²) in [7, 11) is 1.56. The Morgan fingerprint density at radius 2 is 1.89 bits per heavy atom. The molecular formula is C20H25N3O3S. The average molecular weight is 388 g/mol. The van der Waals surface area contributed by atoms with Gasteiger partial charge in [-0.25, -0.2) is 0 Å².